The van der Waals surface area contributed by atoms with Gasteiger partial charge in [0.2, 0.25) is 0 Å². The van der Waals surface area contributed by atoms with Crippen LogP contribution in [0.1, 0.15) is 21.5 Å². The normalized spacial score (nSPS) is 14.7. The van der Waals surface area contributed by atoms with Gasteiger partial charge in [0.25, 0.3) is 6.01 Å². The monoisotopic (exact) mass is 393 g/mol. The summed E-state index contributed by atoms with van der Waals surface area (Å²) in [5.74, 6) is -0.380. The molecule has 0 radical (unpaired) electrons. The zero-order valence-electron chi connectivity index (χ0n) is 16.2. The molecule has 0 unspecified atom stereocenters. The van der Waals surface area contributed by atoms with Crippen molar-refractivity contribution < 1.29 is 19.1 Å². The van der Waals surface area contributed by atoms with Crippen LogP contribution in [0.3, 0.4) is 0 Å². The van der Waals surface area contributed by atoms with Gasteiger partial charge < -0.3 is 19.6 Å². The van der Waals surface area contributed by atoms with E-state index in [4.69, 9.17) is 14.3 Å². The fourth-order valence-corrected chi connectivity index (χ4v) is 3.41. The lowest BCUT2D eigenvalue weighted by molar-refractivity contribution is 0.0342. The molecule has 2 N–H and O–H groups in total. The molecule has 1 aromatic heterocycles. The van der Waals surface area contributed by atoms with Crippen molar-refractivity contribution in [2.24, 2.45) is 0 Å². The number of oxazole rings is 1. The Labute approximate surface area is 168 Å². The number of hydrogen-bond donors (Lipinski definition) is 2. The van der Waals surface area contributed by atoms with Crippen molar-refractivity contribution in [3.8, 4) is 11.3 Å². The lowest BCUT2D eigenvalue weighted by Gasteiger charge is -2.26. The molecule has 1 aliphatic rings. The average Bonchev–Trinajstić information content (AvgIpc) is 3.17. The highest BCUT2D eigenvalue weighted by atomic mass is 16.5. The van der Waals surface area contributed by atoms with Gasteiger partial charge >= 0.3 is 5.97 Å². The Kier molecular flexibility index (Phi) is 5.59. The van der Waals surface area contributed by atoms with Gasteiger partial charge in [-0.25, -0.2) is 9.78 Å². The molecular formula is C22H23N3O4. The number of anilines is 2. The summed E-state index contributed by atoms with van der Waals surface area (Å²) in [6.45, 7) is 6.40. The number of hydrogen-bond acceptors (Lipinski definition) is 6. The highest BCUT2D eigenvalue weighted by molar-refractivity contribution is 5.88. The van der Waals surface area contributed by atoms with Gasteiger partial charge in [0.05, 0.1) is 25.0 Å². The summed E-state index contributed by atoms with van der Waals surface area (Å²) < 4.78 is 11.2. The Bertz CT molecular complexity index is 992. The maximum atomic E-state index is 11.0. The summed E-state index contributed by atoms with van der Waals surface area (Å²) in [6.07, 6.45) is 1.63. The molecule has 0 bridgehead atoms. The zero-order chi connectivity index (χ0) is 20.2. The number of nitrogens with zero attached hydrogens (tertiary/aromatic N) is 2. The molecule has 0 saturated carbocycles. The van der Waals surface area contributed by atoms with E-state index in [1.807, 2.05) is 6.07 Å². The Balaban J connectivity index is 1.47. The molecule has 7 heteroatoms. The minimum atomic E-state index is -0.955. The number of aromatic nitrogens is 1. The molecule has 4 rings (SSSR count). The first kappa shape index (κ1) is 19.2. The summed E-state index contributed by atoms with van der Waals surface area (Å²) in [5.41, 5.74) is 4.31. The number of carboxylic acids is 1. The van der Waals surface area contributed by atoms with E-state index in [1.54, 1.807) is 30.5 Å². The fourth-order valence-electron chi connectivity index (χ4n) is 3.41. The lowest BCUT2D eigenvalue weighted by Crippen LogP contribution is -2.35. The Morgan fingerprint density at radius 3 is 2.66 bits per heavy atom. The minimum Gasteiger partial charge on any atom is -0.478 e. The first-order valence-corrected chi connectivity index (χ1v) is 9.54. The van der Waals surface area contributed by atoms with Crippen LogP contribution in [0, 0.1) is 6.92 Å². The molecule has 2 heterocycles. The number of rotatable bonds is 6. The Hall–Kier alpha value is -3.16. The topological polar surface area (TPSA) is 87.8 Å². The molecule has 150 valence electrons. The van der Waals surface area contributed by atoms with Crippen LogP contribution in [0.4, 0.5) is 11.7 Å². The molecule has 2 aromatic carbocycles. The molecular weight excluding hydrogens is 370 g/mol. The summed E-state index contributed by atoms with van der Waals surface area (Å²) in [5, 5.41) is 12.2. The van der Waals surface area contributed by atoms with Crippen molar-refractivity contribution >= 4 is 17.7 Å². The van der Waals surface area contributed by atoms with E-state index in [0.717, 1.165) is 49.7 Å². The number of carbonyl (C=O) groups is 1. The van der Waals surface area contributed by atoms with E-state index in [0.29, 0.717) is 11.8 Å². The van der Waals surface area contributed by atoms with E-state index in [-0.39, 0.29) is 5.56 Å². The van der Waals surface area contributed by atoms with E-state index in [9.17, 15) is 4.79 Å². The molecule has 0 spiro atoms. The first-order chi connectivity index (χ1) is 14.1. The van der Waals surface area contributed by atoms with Gasteiger partial charge in [0, 0.05) is 30.9 Å². The van der Waals surface area contributed by atoms with Gasteiger partial charge in [-0.2, -0.15) is 0 Å². The van der Waals surface area contributed by atoms with Crippen molar-refractivity contribution in [2.45, 2.75) is 13.5 Å². The highest BCUT2D eigenvalue weighted by Crippen LogP contribution is 2.26. The molecule has 0 atom stereocenters. The molecule has 1 saturated heterocycles. The average molecular weight is 393 g/mol. The first-order valence-electron chi connectivity index (χ1n) is 9.54. The standard InChI is InChI=1S/C22H23N3O4/c1-15-10-16(14-25-6-8-28-9-7-25)12-19(11-15)24-22-23-13-20(29-22)17-2-4-18(5-3-17)21(26)27/h2-5,10-13H,6-9,14H2,1H3,(H,23,24)(H,26,27). The number of benzene rings is 2. The second kappa shape index (κ2) is 8.46. The quantitative estimate of drug-likeness (QED) is 0.656. The molecule has 1 fully saturated rings. The van der Waals surface area contributed by atoms with Crippen molar-refractivity contribution in [2.75, 3.05) is 31.6 Å². The van der Waals surface area contributed by atoms with Gasteiger partial charge in [-0.3, -0.25) is 4.90 Å². The van der Waals surface area contributed by atoms with Crippen LogP contribution in [-0.4, -0.2) is 47.3 Å². The maximum Gasteiger partial charge on any atom is 0.335 e. The number of aryl methyl sites for hydroxylation is 1. The van der Waals surface area contributed by atoms with Crippen molar-refractivity contribution in [1.29, 1.82) is 0 Å². The number of ether oxygens (including phenoxy) is 1. The van der Waals surface area contributed by atoms with E-state index in [1.165, 1.54) is 5.56 Å². The summed E-state index contributed by atoms with van der Waals surface area (Å²) >= 11 is 0. The molecule has 0 amide bonds. The third-order valence-electron chi connectivity index (χ3n) is 4.82. The minimum absolute atomic E-state index is 0.235. The molecule has 3 aromatic rings. The number of carboxylic acid groups (broad SMARTS) is 1. The van der Waals surface area contributed by atoms with Gasteiger partial charge in [0.1, 0.15) is 0 Å². The molecule has 7 nitrogen and oxygen atoms in total. The largest absolute Gasteiger partial charge is 0.478 e. The van der Waals surface area contributed by atoms with Crippen LogP contribution < -0.4 is 5.32 Å². The summed E-state index contributed by atoms with van der Waals surface area (Å²) in [6, 6.07) is 13.2. The smallest absolute Gasteiger partial charge is 0.335 e. The van der Waals surface area contributed by atoms with Crippen LogP contribution in [-0.2, 0) is 11.3 Å². The van der Waals surface area contributed by atoms with E-state index >= 15 is 0 Å². The van der Waals surface area contributed by atoms with Crippen LogP contribution in [0.25, 0.3) is 11.3 Å². The summed E-state index contributed by atoms with van der Waals surface area (Å²) in [7, 11) is 0. The third kappa shape index (κ3) is 4.82. The van der Waals surface area contributed by atoms with Crippen LogP contribution in [0.15, 0.2) is 53.1 Å². The van der Waals surface area contributed by atoms with Gasteiger partial charge in [-0.15, -0.1) is 0 Å². The van der Waals surface area contributed by atoms with Crippen molar-refractivity contribution in [3.05, 3.63) is 65.4 Å². The molecule has 29 heavy (non-hydrogen) atoms. The van der Waals surface area contributed by atoms with Crippen LogP contribution in [0.2, 0.25) is 0 Å². The Morgan fingerprint density at radius 1 is 1.17 bits per heavy atom. The number of aromatic carboxylic acids is 1. The highest BCUT2D eigenvalue weighted by Gasteiger charge is 2.12. The predicted octanol–water partition coefficient (Wildman–Crippen LogP) is 3.92. The third-order valence-corrected chi connectivity index (χ3v) is 4.82. The lowest BCUT2D eigenvalue weighted by atomic mass is 10.1. The van der Waals surface area contributed by atoms with Crippen LogP contribution >= 0.6 is 0 Å². The van der Waals surface area contributed by atoms with Gasteiger partial charge in [0.15, 0.2) is 5.76 Å². The second-order valence-corrected chi connectivity index (χ2v) is 7.13. The summed E-state index contributed by atoms with van der Waals surface area (Å²) in [4.78, 5) is 17.7. The fraction of sp³-hybridized carbons (Fsp3) is 0.273. The van der Waals surface area contributed by atoms with Crippen molar-refractivity contribution in [3.63, 3.8) is 0 Å². The zero-order valence-corrected chi connectivity index (χ0v) is 16.2. The van der Waals surface area contributed by atoms with Crippen LogP contribution in [0.5, 0.6) is 0 Å². The van der Waals surface area contributed by atoms with Gasteiger partial charge in [-0.05, 0) is 42.3 Å². The molecule has 0 aliphatic carbocycles. The Morgan fingerprint density at radius 2 is 1.93 bits per heavy atom. The predicted molar refractivity (Wildman–Crippen MR) is 109 cm³/mol. The second-order valence-electron chi connectivity index (χ2n) is 7.13. The van der Waals surface area contributed by atoms with E-state index in [2.05, 4.69) is 34.3 Å². The van der Waals surface area contributed by atoms with E-state index < -0.39 is 5.97 Å². The number of morpholine rings is 1. The SMILES string of the molecule is Cc1cc(CN2CCOCC2)cc(Nc2ncc(-c3ccc(C(=O)O)cc3)o2)c1. The van der Waals surface area contributed by atoms with Crippen molar-refractivity contribution in [1.82, 2.24) is 9.88 Å². The molecule has 1 aliphatic heterocycles. The maximum absolute atomic E-state index is 11.0. The van der Waals surface area contributed by atoms with Gasteiger partial charge in [-0.1, -0.05) is 18.2 Å². The number of nitrogens with one attached hydrogen (secondary N) is 1.